The summed E-state index contributed by atoms with van der Waals surface area (Å²) in [5.41, 5.74) is -1.24. The van der Waals surface area contributed by atoms with Gasteiger partial charge in [-0.15, -0.1) is 0 Å². The Morgan fingerprint density at radius 3 is 2.31 bits per heavy atom. The summed E-state index contributed by atoms with van der Waals surface area (Å²) in [5.74, 6) is 0.159. The number of nitrogens with one attached hydrogen (secondary N) is 1. The topological polar surface area (TPSA) is 144 Å². The SMILES string of the molecule is CC[C@@H]1[C@@H]2C[C@H](O)CC[C@]2(C)C2C[C@H](O)[C@@]3(C)C(CC[C@@H]3[C@@H](C)CC(C)C(=O)NCCS(=O)(=O)O)C2[C@]1(C)O. The van der Waals surface area contributed by atoms with Gasteiger partial charge in [-0.1, -0.05) is 41.0 Å². The van der Waals surface area contributed by atoms with Crippen LogP contribution in [0.15, 0.2) is 0 Å². The second-order valence-corrected chi connectivity index (χ2v) is 16.1. The van der Waals surface area contributed by atoms with Crippen LogP contribution in [0.4, 0.5) is 0 Å². The first-order valence-electron chi connectivity index (χ1n) is 15.3. The van der Waals surface area contributed by atoms with E-state index in [1.165, 1.54) is 0 Å². The fourth-order valence-corrected chi connectivity index (χ4v) is 11.1. The quantitative estimate of drug-likeness (QED) is 0.280. The zero-order valence-corrected chi connectivity index (χ0v) is 25.6. The van der Waals surface area contributed by atoms with Gasteiger partial charge in [0, 0.05) is 12.5 Å². The van der Waals surface area contributed by atoms with E-state index in [1.54, 1.807) is 0 Å². The molecule has 0 heterocycles. The second kappa shape index (κ2) is 10.8. The summed E-state index contributed by atoms with van der Waals surface area (Å²) in [6, 6.07) is 0. The molecule has 39 heavy (non-hydrogen) atoms. The van der Waals surface area contributed by atoms with Crippen molar-refractivity contribution in [2.75, 3.05) is 12.3 Å². The Balaban J connectivity index is 1.55. The average molecular weight is 572 g/mol. The number of carbonyl (C=O) groups excluding carboxylic acids is 1. The van der Waals surface area contributed by atoms with Crippen molar-refractivity contribution in [1.29, 1.82) is 0 Å². The third-order valence-electron chi connectivity index (χ3n) is 12.6. The van der Waals surface area contributed by atoms with E-state index in [4.69, 9.17) is 4.55 Å². The van der Waals surface area contributed by atoms with Crippen molar-refractivity contribution in [1.82, 2.24) is 5.32 Å². The molecule has 9 heteroatoms. The number of fused-ring (bicyclic) bond motifs is 5. The minimum Gasteiger partial charge on any atom is -0.393 e. The number of carbonyl (C=O) groups is 1. The van der Waals surface area contributed by atoms with Gasteiger partial charge in [-0.05, 0) is 104 Å². The largest absolute Gasteiger partial charge is 0.393 e. The number of hydrogen-bond acceptors (Lipinski definition) is 6. The van der Waals surface area contributed by atoms with E-state index in [9.17, 15) is 28.5 Å². The molecule has 0 aromatic heterocycles. The lowest BCUT2D eigenvalue weighted by Crippen LogP contribution is -2.69. The van der Waals surface area contributed by atoms with Gasteiger partial charge in [0.05, 0.1) is 23.6 Å². The maximum Gasteiger partial charge on any atom is 0.266 e. The Kier molecular flexibility index (Phi) is 8.66. The molecule has 0 aliphatic heterocycles. The van der Waals surface area contributed by atoms with Crippen LogP contribution >= 0.6 is 0 Å². The molecule has 4 fully saturated rings. The number of hydrogen-bond donors (Lipinski definition) is 5. The first-order chi connectivity index (χ1) is 18.0. The highest BCUT2D eigenvalue weighted by Crippen LogP contribution is 2.71. The van der Waals surface area contributed by atoms with Gasteiger partial charge in [0.1, 0.15) is 0 Å². The molecule has 0 aromatic rings. The molecule has 1 amide bonds. The summed E-state index contributed by atoms with van der Waals surface area (Å²) in [5, 5.41) is 37.4. The van der Waals surface area contributed by atoms with E-state index in [2.05, 4.69) is 33.0 Å². The Labute approximate surface area is 235 Å². The monoisotopic (exact) mass is 571 g/mol. The van der Waals surface area contributed by atoms with Gasteiger partial charge in [-0.2, -0.15) is 8.42 Å². The molecule has 5 N–H and O–H groups in total. The van der Waals surface area contributed by atoms with Crippen LogP contribution in [-0.2, 0) is 14.9 Å². The summed E-state index contributed by atoms with van der Waals surface area (Å²) in [6.45, 7) is 12.7. The molecule has 0 radical (unpaired) electrons. The van der Waals surface area contributed by atoms with Gasteiger partial charge in [0.15, 0.2) is 0 Å². The van der Waals surface area contributed by atoms with Crippen molar-refractivity contribution in [2.45, 2.75) is 111 Å². The predicted octanol–water partition coefficient (Wildman–Crippen LogP) is 3.64. The standard InChI is InChI=1S/C30H53NO7S/c1-7-20-23-15-19(32)10-11-28(23,4)24-16-25(33)29(5)21(8-9-22(29)26(24)30(20,6)35)17(2)14-18(3)27(34)31-12-13-39(36,37)38/h17-26,32-33,35H,7-16H2,1-6H3,(H,31,34)(H,36,37,38)/t17-,18?,19+,20+,21+,22?,23-,24?,25-,26?,28-,29+,30+/m0/s1. The molecule has 0 aromatic carbocycles. The van der Waals surface area contributed by atoms with Gasteiger partial charge in [-0.3, -0.25) is 9.35 Å². The van der Waals surface area contributed by atoms with Crippen LogP contribution in [0.25, 0.3) is 0 Å². The highest BCUT2D eigenvalue weighted by atomic mass is 32.2. The van der Waals surface area contributed by atoms with Gasteiger partial charge in [-0.25, -0.2) is 0 Å². The summed E-state index contributed by atoms with van der Waals surface area (Å²) < 4.78 is 30.9. The van der Waals surface area contributed by atoms with Crippen molar-refractivity contribution < 1.29 is 33.1 Å². The molecule has 13 atom stereocenters. The first kappa shape index (κ1) is 31.2. The van der Waals surface area contributed by atoms with Crippen molar-refractivity contribution in [3.63, 3.8) is 0 Å². The molecule has 0 saturated heterocycles. The lowest BCUT2D eigenvalue weighted by Gasteiger charge is -2.68. The Hall–Kier alpha value is -0.740. The summed E-state index contributed by atoms with van der Waals surface area (Å²) in [6.07, 6.45) is 5.72. The van der Waals surface area contributed by atoms with E-state index in [1.807, 2.05) is 13.8 Å². The molecule has 4 unspecified atom stereocenters. The van der Waals surface area contributed by atoms with Gasteiger partial charge in [0.25, 0.3) is 10.1 Å². The highest BCUT2D eigenvalue weighted by Gasteiger charge is 2.70. The normalized spacial score (nSPS) is 47.4. The minimum absolute atomic E-state index is 0.00647. The summed E-state index contributed by atoms with van der Waals surface area (Å²) in [4.78, 5) is 12.7. The predicted molar refractivity (Wildman–Crippen MR) is 150 cm³/mol. The van der Waals surface area contributed by atoms with E-state index in [0.29, 0.717) is 12.8 Å². The molecule has 4 rings (SSSR count). The maximum absolute atomic E-state index is 12.7. The Morgan fingerprint density at radius 2 is 1.69 bits per heavy atom. The first-order valence-corrected chi connectivity index (χ1v) is 16.9. The van der Waals surface area contributed by atoms with Crippen molar-refractivity contribution in [3.05, 3.63) is 0 Å². The van der Waals surface area contributed by atoms with Crippen LogP contribution in [0.1, 0.15) is 92.9 Å². The lowest BCUT2D eigenvalue weighted by atomic mass is 9.38. The van der Waals surface area contributed by atoms with Gasteiger partial charge < -0.3 is 20.6 Å². The maximum atomic E-state index is 12.7. The third-order valence-corrected chi connectivity index (χ3v) is 13.3. The van der Waals surface area contributed by atoms with Crippen LogP contribution in [0.2, 0.25) is 0 Å². The lowest BCUT2D eigenvalue weighted by molar-refractivity contribution is -0.263. The number of rotatable bonds is 8. The molecular formula is C30H53NO7S. The van der Waals surface area contributed by atoms with E-state index >= 15 is 0 Å². The van der Waals surface area contributed by atoms with Crippen molar-refractivity contribution >= 4 is 16.0 Å². The third kappa shape index (κ3) is 5.33. The van der Waals surface area contributed by atoms with E-state index < -0.39 is 27.6 Å². The second-order valence-electron chi connectivity index (χ2n) is 14.5. The van der Waals surface area contributed by atoms with Crippen molar-refractivity contribution in [3.8, 4) is 0 Å². The highest BCUT2D eigenvalue weighted by molar-refractivity contribution is 7.85. The molecule has 0 spiro atoms. The molecular weight excluding hydrogens is 518 g/mol. The number of amides is 1. The van der Waals surface area contributed by atoms with E-state index in [0.717, 1.165) is 38.5 Å². The van der Waals surface area contributed by atoms with Crippen LogP contribution in [0.5, 0.6) is 0 Å². The Bertz CT molecular complexity index is 1020. The molecule has 4 aliphatic rings. The molecule has 226 valence electrons. The average Bonchev–Trinajstić information content (AvgIpc) is 3.18. The van der Waals surface area contributed by atoms with Crippen LogP contribution in [0.3, 0.4) is 0 Å². The van der Waals surface area contributed by atoms with Crippen LogP contribution < -0.4 is 5.32 Å². The fourth-order valence-electron chi connectivity index (χ4n) is 10.7. The molecule has 4 saturated carbocycles. The molecule has 4 aliphatic carbocycles. The Morgan fingerprint density at radius 1 is 1.03 bits per heavy atom. The van der Waals surface area contributed by atoms with Crippen LogP contribution in [0, 0.1) is 58.2 Å². The summed E-state index contributed by atoms with van der Waals surface area (Å²) in [7, 11) is -4.12. The fraction of sp³-hybridized carbons (Fsp3) is 0.967. The number of aliphatic hydroxyl groups excluding tert-OH is 2. The van der Waals surface area contributed by atoms with Crippen LogP contribution in [-0.4, -0.2) is 64.3 Å². The van der Waals surface area contributed by atoms with E-state index in [-0.39, 0.29) is 76.7 Å². The summed E-state index contributed by atoms with van der Waals surface area (Å²) >= 11 is 0. The zero-order valence-electron chi connectivity index (χ0n) is 24.8. The minimum atomic E-state index is -4.12. The van der Waals surface area contributed by atoms with Crippen molar-refractivity contribution in [2.24, 2.45) is 58.2 Å². The number of aliphatic hydroxyl groups is 3. The molecule has 0 bridgehead atoms. The zero-order chi connectivity index (χ0) is 29.1. The van der Waals surface area contributed by atoms with Gasteiger partial charge >= 0.3 is 0 Å². The molecule has 8 nitrogen and oxygen atoms in total. The smallest absolute Gasteiger partial charge is 0.266 e. The van der Waals surface area contributed by atoms with Gasteiger partial charge in [0.2, 0.25) is 5.91 Å².